The second kappa shape index (κ2) is 8.36. The summed E-state index contributed by atoms with van der Waals surface area (Å²) >= 11 is 0. The third kappa shape index (κ3) is 3.65. The molecule has 5 rings (SSSR count). The van der Waals surface area contributed by atoms with E-state index in [1.54, 1.807) is 17.0 Å². The van der Waals surface area contributed by atoms with Gasteiger partial charge < -0.3 is 10.0 Å². The summed E-state index contributed by atoms with van der Waals surface area (Å²) in [5, 5.41) is 11.5. The fraction of sp³-hybridized carbons (Fsp3) is 0.286. The number of nitrogens with zero attached hydrogens (tertiary/aromatic N) is 1. The summed E-state index contributed by atoms with van der Waals surface area (Å²) in [4.78, 5) is 28.3. The molecular formula is C28H27NO3. The van der Waals surface area contributed by atoms with Crippen LogP contribution in [0, 0.1) is 0 Å². The zero-order valence-electron chi connectivity index (χ0n) is 18.1. The van der Waals surface area contributed by atoms with Crippen molar-refractivity contribution in [3.8, 4) is 0 Å². The molecule has 1 aliphatic carbocycles. The van der Waals surface area contributed by atoms with Crippen LogP contribution in [-0.4, -0.2) is 23.3 Å². The first-order valence-electron chi connectivity index (χ1n) is 11.4. The van der Waals surface area contributed by atoms with Crippen molar-refractivity contribution in [2.24, 2.45) is 0 Å². The Balaban J connectivity index is 1.40. The smallest absolute Gasteiger partial charge is 0.264 e. The van der Waals surface area contributed by atoms with Crippen LogP contribution in [0.4, 0.5) is 5.69 Å². The van der Waals surface area contributed by atoms with Gasteiger partial charge in [-0.25, -0.2) is 0 Å². The maximum absolute atomic E-state index is 13.4. The van der Waals surface area contributed by atoms with E-state index in [1.807, 2.05) is 60.7 Å². The van der Waals surface area contributed by atoms with Crippen LogP contribution in [-0.2, 0) is 29.7 Å². The summed E-state index contributed by atoms with van der Waals surface area (Å²) < 4.78 is 0. The molecule has 0 spiro atoms. The van der Waals surface area contributed by atoms with Gasteiger partial charge in [0.1, 0.15) is 0 Å². The highest BCUT2D eigenvalue weighted by atomic mass is 16.3. The Hall–Kier alpha value is -3.24. The molecule has 1 atom stereocenters. The molecule has 1 amide bonds. The van der Waals surface area contributed by atoms with Crippen molar-refractivity contribution in [2.75, 3.05) is 11.4 Å². The van der Waals surface area contributed by atoms with Crippen LogP contribution >= 0.6 is 0 Å². The number of fused-ring (bicyclic) bond motifs is 2. The van der Waals surface area contributed by atoms with Gasteiger partial charge >= 0.3 is 0 Å². The Morgan fingerprint density at radius 1 is 0.906 bits per heavy atom. The molecule has 162 valence electrons. The third-order valence-electron chi connectivity index (χ3n) is 6.79. The standard InChI is InChI=1S/C28H27NO3/c30-26(23-15-14-21-10-4-5-11-22(21)18-23)19-28(32)24-12-6-7-13-25(24)29(27(28)31)17-16-20-8-2-1-3-9-20/h1-3,6-9,12-15,18,32H,4-5,10-11,16-17,19H2/t28-/m0/s1. The first kappa shape index (κ1) is 20.7. The van der Waals surface area contributed by atoms with Crippen LogP contribution < -0.4 is 4.90 Å². The van der Waals surface area contributed by atoms with Gasteiger partial charge in [-0.3, -0.25) is 9.59 Å². The topological polar surface area (TPSA) is 57.6 Å². The summed E-state index contributed by atoms with van der Waals surface area (Å²) in [6, 6.07) is 23.1. The number of carbonyl (C=O) groups is 2. The number of Topliss-reactive ketones (excluding diaryl/α,β-unsaturated/α-hetero) is 1. The normalized spacial score (nSPS) is 19.5. The molecular weight excluding hydrogens is 398 g/mol. The van der Waals surface area contributed by atoms with Crippen LogP contribution in [0.3, 0.4) is 0 Å². The molecule has 0 aromatic heterocycles. The number of hydrogen-bond acceptors (Lipinski definition) is 3. The van der Waals surface area contributed by atoms with Gasteiger partial charge in [0.25, 0.3) is 5.91 Å². The van der Waals surface area contributed by atoms with Crippen molar-refractivity contribution in [2.45, 2.75) is 44.1 Å². The second-order valence-corrected chi connectivity index (χ2v) is 8.86. The second-order valence-electron chi connectivity index (χ2n) is 8.86. The molecule has 4 heteroatoms. The van der Waals surface area contributed by atoms with Crippen molar-refractivity contribution in [1.29, 1.82) is 0 Å². The van der Waals surface area contributed by atoms with E-state index < -0.39 is 11.5 Å². The molecule has 0 radical (unpaired) electrons. The lowest BCUT2D eigenvalue weighted by atomic mass is 9.85. The van der Waals surface area contributed by atoms with Gasteiger partial charge in [-0.2, -0.15) is 0 Å². The summed E-state index contributed by atoms with van der Waals surface area (Å²) in [6.45, 7) is 0.454. The van der Waals surface area contributed by atoms with Crippen molar-refractivity contribution in [3.05, 3.63) is 101 Å². The van der Waals surface area contributed by atoms with Crippen molar-refractivity contribution >= 4 is 17.4 Å². The van der Waals surface area contributed by atoms with Gasteiger partial charge in [0.15, 0.2) is 11.4 Å². The van der Waals surface area contributed by atoms with Crippen molar-refractivity contribution in [1.82, 2.24) is 0 Å². The van der Waals surface area contributed by atoms with Gasteiger partial charge in [-0.1, -0.05) is 60.7 Å². The molecule has 3 aromatic carbocycles. The number of aliphatic hydroxyl groups is 1. The first-order chi connectivity index (χ1) is 15.6. The Kier molecular flexibility index (Phi) is 5.40. The fourth-order valence-corrected chi connectivity index (χ4v) is 5.03. The molecule has 0 fully saturated rings. The van der Waals surface area contributed by atoms with Crippen LogP contribution in [0.1, 0.15) is 51.9 Å². The number of hydrogen-bond donors (Lipinski definition) is 1. The monoisotopic (exact) mass is 425 g/mol. The number of carbonyl (C=O) groups excluding carboxylic acids is 2. The van der Waals surface area contributed by atoms with Crippen LogP contribution in [0.5, 0.6) is 0 Å². The lowest BCUT2D eigenvalue weighted by molar-refractivity contribution is -0.135. The maximum Gasteiger partial charge on any atom is 0.264 e. The van der Waals surface area contributed by atoms with E-state index in [2.05, 4.69) is 0 Å². The van der Waals surface area contributed by atoms with Crippen LogP contribution in [0.15, 0.2) is 72.8 Å². The number of ketones is 1. The molecule has 1 aliphatic heterocycles. The van der Waals surface area contributed by atoms with Gasteiger partial charge in [0.05, 0.1) is 12.1 Å². The quantitative estimate of drug-likeness (QED) is 0.587. The minimum atomic E-state index is -1.83. The molecule has 4 nitrogen and oxygen atoms in total. The van der Waals surface area contributed by atoms with Gasteiger partial charge in [0, 0.05) is 17.7 Å². The predicted molar refractivity (Wildman–Crippen MR) is 125 cm³/mol. The van der Waals surface area contributed by atoms with Gasteiger partial charge in [-0.15, -0.1) is 0 Å². The number of rotatable bonds is 6. The molecule has 0 saturated heterocycles. The first-order valence-corrected chi connectivity index (χ1v) is 11.4. The van der Waals surface area contributed by atoms with Gasteiger partial charge in [0.2, 0.25) is 0 Å². The maximum atomic E-state index is 13.4. The Labute approximate surface area is 188 Å². The number of para-hydroxylation sites is 1. The molecule has 1 N–H and O–H groups in total. The Bertz CT molecular complexity index is 1170. The Morgan fingerprint density at radius 3 is 2.44 bits per heavy atom. The highest BCUT2D eigenvalue weighted by Crippen LogP contribution is 2.43. The summed E-state index contributed by atoms with van der Waals surface area (Å²) in [5.41, 5.74) is 3.60. The van der Waals surface area contributed by atoms with E-state index >= 15 is 0 Å². The van der Waals surface area contributed by atoms with Crippen molar-refractivity contribution in [3.63, 3.8) is 0 Å². The number of aryl methyl sites for hydroxylation is 2. The van der Waals surface area contributed by atoms with E-state index in [0.29, 0.717) is 29.8 Å². The number of amides is 1. The van der Waals surface area contributed by atoms with Crippen molar-refractivity contribution < 1.29 is 14.7 Å². The summed E-state index contributed by atoms with van der Waals surface area (Å²) in [5.74, 6) is -0.616. The number of benzene rings is 3. The van der Waals surface area contributed by atoms with E-state index in [4.69, 9.17) is 0 Å². The van der Waals surface area contributed by atoms with E-state index in [0.717, 1.165) is 24.8 Å². The molecule has 0 saturated carbocycles. The minimum absolute atomic E-state index is 0.200. The van der Waals surface area contributed by atoms with Crippen LogP contribution in [0.25, 0.3) is 0 Å². The third-order valence-corrected chi connectivity index (χ3v) is 6.79. The molecule has 1 heterocycles. The minimum Gasteiger partial charge on any atom is -0.375 e. The average Bonchev–Trinajstić information content (AvgIpc) is 3.04. The lowest BCUT2D eigenvalue weighted by Crippen LogP contribution is -2.42. The zero-order chi connectivity index (χ0) is 22.1. The fourth-order valence-electron chi connectivity index (χ4n) is 5.03. The van der Waals surface area contributed by atoms with E-state index in [9.17, 15) is 14.7 Å². The zero-order valence-corrected chi connectivity index (χ0v) is 18.1. The SMILES string of the molecule is O=C(C[C@@]1(O)C(=O)N(CCc2ccccc2)c2ccccc21)c1ccc2c(c1)CCCC2. The predicted octanol–water partition coefficient (Wildman–Crippen LogP) is 4.62. The number of anilines is 1. The van der Waals surface area contributed by atoms with Crippen LogP contribution in [0.2, 0.25) is 0 Å². The van der Waals surface area contributed by atoms with E-state index in [-0.39, 0.29) is 12.2 Å². The lowest BCUT2D eigenvalue weighted by Gasteiger charge is -2.23. The molecule has 3 aromatic rings. The highest BCUT2D eigenvalue weighted by Gasteiger charge is 2.50. The molecule has 32 heavy (non-hydrogen) atoms. The molecule has 0 unspecified atom stereocenters. The average molecular weight is 426 g/mol. The summed E-state index contributed by atoms with van der Waals surface area (Å²) in [7, 11) is 0. The van der Waals surface area contributed by atoms with Gasteiger partial charge in [-0.05, 0) is 60.9 Å². The summed E-state index contributed by atoms with van der Waals surface area (Å²) in [6.07, 6.45) is 4.78. The largest absolute Gasteiger partial charge is 0.375 e. The highest BCUT2D eigenvalue weighted by molar-refractivity contribution is 6.10. The molecule has 2 aliphatic rings. The Morgan fingerprint density at radius 2 is 1.62 bits per heavy atom. The molecule has 0 bridgehead atoms. The van der Waals surface area contributed by atoms with E-state index in [1.165, 1.54) is 17.5 Å².